The van der Waals surface area contributed by atoms with Crippen molar-refractivity contribution in [2.75, 3.05) is 32.9 Å². The Hall–Kier alpha value is -0.900. The SMILES string of the molecule is CCNCC(OCC1CCOC1)c1ccccc1C. The van der Waals surface area contributed by atoms with Gasteiger partial charge in [0.05, 0.1) is 19.3 Å². The van der Waals surface area contributed by atoms with Crippen LogP contribution in [-0.2, 0) is 9.47 Å². The van der Waals surface area contributed by atoms with Crippen LogP contribution in [0.3, 0.4) is 0 Å². The smallest absolute Gasteiger partial charge is 0.0951 e. The summed E-state index contributed by atoms with van der Waals surface area (Å²) in [5.41, 5.74) is 2.59. The highest BCUT2D eigenvalue weighted by Crippen LogP contribution is 2.23. The third-order valence-corrected chi connectivity index (χ3v) is 3.67. The predicted octanol–water partition coefficient (Wildman–Crippen LogP) is 2.70. The predicted molar refractivity (Wildman–Crippen MR) is 77.3 cm³/mol. The standard InChI is InChI=1S/C16H25NO2/c1-3-17-10-16(15-7-5-4-6-13(15)2)19-12-14-8-9-18-11-14/h4-7,14,16-17H,3,8-12H2,1-2H3. The van der Waals surface area contributed by atoms with Crippen molar-refractivity contribution in [1.29, 1.82) is 0 Å². The fraction of sp³-hybridized carbons (Fsp3) is 0.625. The van der Waals surface area contributed by atoms with Crippen LogP contribution < -0.4 is 5.32 Å². The van der Waals surface area contributed by atoms with Crippen molar-refractivity contribution in [3.05, 3.63) is 35.4 Å². The van der Waals surface area contributed by atoms with Crippen molar-refractivity contribution >= 4 is 0 Å². The molecule has 0 aromatic heterocycles. The monoisotopic (exact) mass is 263 g/mol. The maximum atomic E-state index is 6.15. The van der Waals surface area contributed by atoms with Crippen LogP contribution in [0.2, 0.25) is 0 Å². The summed E-state index contributed by atoms with van der Waals surface area (Å²) in [6.45, 7) is 8.64. The molecule has 106 valence electrons. The lowest BCUT2D eigenvalue weighted by molar-refractivity contribution is 0.0253. The number of benzene rings is 1. The average Bonchev–Trinajstić information content (AvgIpc) is 2.93. The van der Waals surface area contributed by atoms with Crippen molar-refractivity contribution in [1.82, 2.24) is 5.32 Å². The summed E-state index contributed by atoms with van der Waals surface area (Å²) in [4.78, 5) is 0. The summed E-state index contributed by atoms with van der Waals surface area (Å²) in [5, 5.41) is 3.39. The van der Waals surface area contributed by atoms with Gasteiger partial charge in [0.1, 0.15) is 0 Å². The number of aryl methyl sites for hydroxylation is 1. The van der Waals surface area contributed by atoms with Crippen LogP contribution in [0.25, 0.3) is 0 Å². The van der Waals surface area contributed by atoms with E-state index in [9.17, 15) is 0 Å². The Morgan fingerprint density at radius 1 is 1.42 bits per heavy atom. The van der Waals surface area contributed by atoms with Crippen LogP contribution in [0.1, 0.15) is 30.6 Å². The van der Waals surface area contributed by atoms with Crippen LogP contribution in [-0.4, -0.2) is 32.9 Å². The summed E-state index contributed by atoms with van der Waals surface area (Å²) >= 11 is 0. The van der Waals surface area contributed by atoms with Crippen molar-refractivity contribution < 1.29 is 9.47 Å². The zero-order valence-corrected chi connectivity index (χ0v) is 12.0. The van der Waals surface area contributed by atoms with E-state index in [0.29, 0.717) is 5.92 Å². The largest absolute Gasteiger partial charge is 0.381 e. The van der Waals surface area contributed by atoms with Crippen LogP contribution in [0.5, 0.6) is 0 Å². The van der Waals surface area contributed by atoms with E-state index in [1.54, 1.807) is 0 Å². The van der Waals surface area contributed by atoms with Gasteiger partial charge in [-0.1, -0.05) is 31.2 Å². The molecule has 2 rings (SSSR count). The minimum Gasteiger partial charge on any atom is -0.381 e. The maximum Gasteiger partial charge on any atom is 0.0951 e. The first-order valence-electron chi connectivity index (χ1n) is 7.26. The van der Waals surface area contributed by atoms with Gasteiger partial charge in [-0.25, -0.2) is 0 Å². The zero-order chi connectivity index (χ0) is 13.5. The quantitative estimate of drug-likeness (QED) is 0.820. The number of rotatable bonds is 7. The van der Waals surface area contributed by atoms with Crippen LogP contribution in [0.4, 0.5) is 0 Å². The van der Waals surface area contributed by atoms with Gasteiger partial charge < -0.3 is 14.8 Å². The molecule has 0 aliphatic carbocycles. The lowest BCUT2D eigenvalue weighted by Crippen LogP contribution is -2.25. The first kappa shape index (κ1) is 14.5. The molecule has 1 N–H and O–H groups in total. The fourth-order valence-corrected chi connectivity index (χ4v) is 2.45. The summed E-state index contributed by atoms with van der Waals surface area (Å²) in [6, 6.07) is 8.48. The van der Waals surface area contributed by atoms with Gasteiger partial charge in [-0.3, -0.25) is 0 Å². The zero-order valence-electron chi connectivity index (χ0n) is 12.0. The van der Waals surface area contributed by atoms with E-state index in [2.05, 4.69) is 43.4 Å². The molecule has 1 fully saturated rings. The van der Waals surface area contributed by atoms with E-state index >= 15 is 0 Å². The van der Waals surface area contributed by atoms with Crippen molar-refractivity contribution in [3.63, 3.8) is 0 Å². The lowest BCUT2D eigenvalue weighted by atomic mass is 10.0. The summed E-state index contributed by atoms with van der Waals surface area (Å²) < 4.78 is 11.6. The molecule has 2 atom stereocenters. The fourth-order valence-electron chi connectivity index (χ4n) is 2.45. The highest BCUT2D eigenvalue weighted by atomic mass is 16.5. The first-order chi connectivity index (χ1) is 9.31. The molecule has 3 heteroatoms. The van der Waals surface area contributed by atoms with Gasteiger partial charge in [-0.2, -0.15) is 0 Å². The van der Waals surface area contributed by atoms with Crippen LogP contribution in [0.15, 0.2) is 24.3 Å². The maximum absolute atomic E-state index is 6.15. The molecule has 1 saturated heterocycles. The second-order valence-corrected chi connectivity index (χ2v) is 5.22. The average molecular weight is 263 g/mol. The Balaban J connectivity index is 1.96. The van der Waals surface area contributed by atoms with E-state index < -0.39 is 0 Å². The molecule has 3 nitrogen and oxygen atoms in total. The van der Waals surface area contributed by atoms with Gasteiger partial charge in [0, 0.05) is 19.1 Å². The van der Waals surface area contributed by atoms with E-state index in [-0.39, 0.29) is 6.10 Å². The minimum atomic E-state index is 0.141. The Kier molecular flexibility index (Phi) is 5.83. The number of hydrogen-bond donors (Lipinski definition) is 1. The second kappa shape index (κ2) is 7.63. The molecule has 0 spiro atoms. The van der Waals surface area contributed by atoms with E-state index in [1.807, 2.05) is 0 Å². The van der Waals surface area contributed by atoms with Crippen LogP contribution in [0, 0.1) is 12.8 Å². The molecule has 1 aliphatic heterocycles. The molecule has 1 heterocycles. The molecule has 1 aromatic rings. The van der Waals surface area contributed by atoms with Crippen LogP contribution >= 0.6 is 0 Å². The lowest BCUT2D eigenvalue weighted by Gasteiger charge is -2.22. The third-order valence-electron chi connectivity index (χ3n) is 3.67. The van der Waals surface area contributed by atoms with Gasteiger partial charge >= 0.3 is 0 Å². The summed E-state index contributed by atoms with van der Waals surface area (Å²) in [6.07, 6.45) is 1.27. The second-order valence-electron chi connectivity index (χ2n) is 5.22. The molecule has 2 unspecified atom stereocenters. The van der Waals surface area contributed by atoms with E-state index in [1.165, 1.54) is 11.1 Å². The third kappa shape index (κ3) is 4.30. The van der Waals surface area contributed by atoms with Crippen molar-refractivity contribution in [2.45, 2.75) is 26.4 Å². The van der Waals surface area contributed by atoms with E-state index in [4.69, 9.17) is 9.47 Å². The molecule has 19 heavy (non-hydrogen) atoms. The highest BCUT2D eigenvalue weighted by Gasteiger charge is 2.19. The molecule has 0 radical (unpaired) electrons. The summed E-state index contributed by atoms with van der Waals surface area (Å²) in [7, 11) is 0. The number of nitrogens with one attached hydrogen (secondary N) is 1. The minimum absolute atomic E-state index is 0.141. The Bertz CT molecular complexity index is 375. The van der Waals surface area contributed by atoms with Crippen molar-refractivity contribution in [2.24, 2.45) is 5.92 Å². The molecule has 0 bridgehead atoms. The molecule has 1 aliphatic rings. The Morgan fingerprint density at radius 2 is 2.26 bits per heavy atom. The van der Waals surface area contributed by atoms with Crippen molar-refractivity contribution in [3.8, 4) is 0 Å². The molecular formula is C16H25NO2. The van der Waals surface area contributed by atoms with Gasteiger partial charge in [-0.05, 0) is 31.0 Å². The Morgan fingerprint density at radius 3 is 2.95 bits per heavy atom. The number of ether oxygens (including phenoxy) is 2. The van der Waals surface area contributed by atoms with Gasteiger partial charge in [0.15, 0.2) is 0 Å². The van der Waals surface area contributed by atoms with E-state index in [0.717, 1.165) is 39.3 Å². The number of hydrogen-bond acceptors (Lipinski definition) is 3. The molecular weight excluding hydrogens is 238 g/mol. The molecule has 0 amide bonds. The molecule has 0 saturated carbocycles. The van der Waals surface area contributed by atoms with Gasteiger partial charge in [0.25, 0.3) is 0 Å². The topological polar surface area (TPSA) is 30.5 Å². The van der Waals surface area contributed by atoms with Gasteiger partial charge in [-0.15, -0.1) is 0 Å². The summed E-state index contributed by atoms with van der Waals surface area (Å²) in [5.74, 6) is 0.563. The Labute approximate surface area is 116 Å². The molecule has 1 aromatic carbocycles. The first-order valence-corrected chi connectivity index (χ1v) is 7.26. The van der Waals surface area contributed by atoms with Gasteiger partial charge in [0.2, 0.25) is 0 Å². The number of likely N-dealkylation sites (N-methyl/N-ethyl adjacent to an activating group) is 1. The normalized spacial score (nSPS) is 20.6. The highest BCUT2D eigenvalue weighted by molar-refractivity contribution is 5.28.